The number of ether oxygens (including phenoxy) is 1. The maximum Gasteiger partial charge on any atom is 0.341 e. The van der Waals surface area contributed by atoms with Crippen molar-refractivity contribution in [2.75, 3.05) is 25.0 Å². The molecule has 0 unspecified atom stereocenters. The van der Waals surface area contributed by atoms with Gasteiger partial charge in [-0.05, 0) is 45.1 Å². The zero-order valence-corrected chi connectivity index (χ0v) is 16.9. The maximum atomic E-state index is 12.6. The Labute approximate surface area is 167 Å². The molecule has 0 bridgehead atoms. The molecule has 0 aromatic carbocycles. The van der Waals surface area contributed by atoms with Crippen LogP contribution < -0.4 is 11.1 Å². The standard InChI is InChI=1S/C19H25N3O5S/c1-10-11(2)28-18(21-17(25)12-5-6-12)15(10)19(26)27-9-14(23)22-7-3-4-13(8-22)16(20)24/h12-13H,3-9H2,1-2H3,(H2,20,24)(H,21,25)/t13-/m1/s1. The Bertz CT molecular complexity index is 815. The van der Waals surface area contributed by atoms with Gasteiger partial charge in [-0.15, -0.1) is 11.3 Å². The molecule has 1 aliphatic heterocycles. The van der Waals surface area contributed by atoms with Crippen LogP contribution >= 0.6 is 11.3 Å². The minimum absolute atomic E-state index is 0.0189. The second kappa shape index (κ2) is 8.30. The number of amides is 3. The summed E-state index contributed by atoms with van der Waals surface area (Å²) in [7, 11) is 0. The van der Waals surface area contributed by atoms with Crippen LogP contribution in [0.25, 0.3) is 0 Å². The highest BCUT2D eigenvalue weighted by atomic mass is 32.1. The van der Waals surface area contributed by atoms with E-state index in [1.165, 1.54) is 16.2 Å². The first-order valence-corrected chi connectivity index (χ1v) is 10.2. The highest BCUT2D eigenvalue weighted by molar-refractivity contribution is 7.16. The van der Waals surface area contributed by atoms with Crippen molar-refractivity contribution in [3.63, 3.8) is 0 Å². The molecular weight excluding hydrogens is 382 g/mol. The van der Waals surface area contributed by atoms with Crippen LogP contribution in [0.3, 0.4) is 0 Å². The quantitative estimate of drug-likeness (QED) is 0.694. The molecule has 1 aliphatic carbocycles. The summed E-state index contributed by atoms with van der Waals surface area (Å²) in [6.07, 6.45) is 3.08. The molecule has 152 valence electrons. The van der Waals surface area contributed by atoms with E-state index >= 15 is 0 Å². The summed E-state index contributed by atoms with van der Waals surface area (Å²) < 4.78 is 5.24. The Balaban J connectivity index is 1.62. The molecule has 1 saturated heterocycles. The number of primary amides is 1. The Morgan fingerprint density at radius 1 is 1.18 bits per heavy atom. The summed E-state index contributed by atoms with van der Waals surface area (Å²) in [4.78, 5) is 50.8. The Hall–Kier alpha value is -2.42. The van der Waals surface area contributed by atoms with Gasteiger partial charge in [0.05, 0.1) is 11.5 Å². The van der Waals surface area contributed by atoms with E-state index in [1.807, 2.05) is 6.92 Å². The molecule has 3 N–H and O–H groups in total. The number of aryl methyl sites for hydroxylation is 1. The van der Waals surface area contributed by atoms with Crippen LogP contribution in [0.2, 0.25) is 0 Å². The SMILES string of the molecule is Cc1sc(NC(=O)C2CC2)c(C(=O)OCC(=O)N2CCC[C@@H](C(N)=O)C2)c1C. The number of piperidine rings is 1. The topological polar surface area (TPSA) is 119 Å². The van der Waals surface area contributed by atoms with E-state index in [1.54, 1.807) is 6.92 Å². The van der Waals surface area contributed by atoms with Gasteiger partial charge >= 0.3 is 5.97 Å². The predicted molar refractivity (Wildman–Crippen MR) is 104 cm³/mol. The fourth-order valence-electron chi connectivity index (χ4n) is 3.25. The van der Waals surface area contributed by atoms with Crippen molar-refractivity contribution in [3.05, 3.63) is 16.0 Å². The van der Waals surface area contributed by atoms with Crippen molar-refractivity contribution >= 4 is 40.0 Å². The zero-order valence-electron chi connectivity index (χ0n) is 16.1. The van der Waals surface area contributed by atoms with E-state index < -0.39 is 18.5 Å². The van der Waals surface area contributed by atoms with Crippen molar-refractivity contribution in [1.82, 2.24) is 4.90 Å². The minimum atomic E-state index is -0.634. The number of carbonyl (C=O) groups excluding carboxylic acids is 4. The van der Waals surface area contributed by atoms with Gasteiger partial charge in [-0.25, -0.2) is 4.79 Å². The molecule has 3 rings (SSSR count). The third-order valence-corrected chi connectivity index (χ3v) is 6.40. The number of likely N-dealkylation sites (tertiary alicyclic amines) is 1. The van der Waals surface area contributed by atoms with Crippen LogP contribution in [0, 0.1) is 25.7 Å². The number of thiophene rings is 1. The second-order valence-electron chi connectivity index (χ2n) is 7.41. The minimum Gasteiger partial charge on any atom is -0.452 e. The highest BCUT2D eigenvalue weighted by Gasteiger charge is 2.32. The number of hydrogen-bond donors (Lipinski definition) is 2. The van der Waals surface area contributed by atoms with Gasteiger partial charge in [-0.1, -0.05) is 0 Å². The lowest BCUT2D eigenvalue weighted by Gasteiger charge is -2.31. The molecule has 2 heterocycles. The van der Waals surface area contributed by atoms with Crippen molar-refractivity contribution in [2.24, 2.45) is 17.6 Å². The van der Waals surface area contributed by atoms with Crippen LogP contribution in [0.1, 0.15) is 46.5 Å². The first kappa shape index (κ1) is 20.3. The van der Waals surface area contributed by atoms with Gasteiger partial charge in [0.2, 0.25) is 11.8 Å². The lowest BCUT2D eigenvalue weighted by molar-refractivity contribution is -0.137. The fraction of sp³-hybridized carbons (Fsp3) is 0.579. The fourth-order valence-corrected chi connectivity index (χ4v) is 4.30. The molecule has 1 aromatic heterocycles. The Morgan fingerprint density at radius 3 is 2.54 bits per heavy atom. The van der Waals surface area contributed by atoms with Gasteiger partial charge in [0.1, 0.15) is 5.00 Å². The van der Waals surface area contributed by atoms with E-state index in [-0.39, 0.29) is 30.2 Å². The molecular formula is C19H25N3O5S. The normalized spacial score (nSPS) is 19.2. The number of anilines is 1. The van der Waals surface area contributed by atoms with Crippen LogP contribution in [-0.4, -0.2) is 48.3 Å². The average Bonchev–Trinajstić information content (AvgIpc) is 3.47. The molecule has 3 amide bonds. The van der Waals surface area contributed by atoms with Gasteiger partial charge in [-0.2, -0.15) is 0 Å². The predicted octanol–water partition coefficient (Wildman–Crippen LogP) is 1.59. The number of carbonyl (C=O) groups is 4. The van der Waals surface area contributed by atoms with Gasteiger partial charge in [0.15, 0.2) is 6.61 Å². The zero-order chi connectivity index (χ0) is 20.4. The Kier molecular flexibility index (Phi) is 6.02. The Morgan fingerprint density at radius 2 is 1.89 bits per heavy atom. The number of nitrogens with one attached hydrogen (secondary N) is 1. The maximum absolute atomic E-state index is 12.6. The highest BCUT2D eigenvalue weighted by Crippen LogP contribution is 2.36. The van der Waals surface area contributed by atoms with Gasteiger partial charge < -0.3 is 20.7 Å². The molecule has 9 heteroatoms. The lowest BCUT2D eigenvalue weighted by atomic mass is 9.97. The van der Waals surface area contributed by atoms with Crippen LogP contribution in [0.4, 0.5) is 5.00 Å². The van der Waals surface area contributed by atoms with Gasteiger partial charge in [0, 0.05) is 23.9 Å². The number of nitrogens with two attached hydrogens (primary N) is 1. The third-order valence-electron chi connectivity index (χ3n) is 5.28. The monoisotopic (exact) mass is 407 g/mol. The van der Waals surface area contributed by atoms with E-state index in [9.17, 15) is 19.2 Å². The second-order valence-corrected chi connectivity index (χ2v) is 8.63. The van der Waals surface area contributed by atoms with Gasteiger partial charge in [0.25, 0.3) is 5.91 Å². The lowest BCUT2D eigenvalue weighted by Crippen LogP contribution is -2.45. The third kappa shape index (κ3) is 4.52. The molecule has 1 atom stereocenters. The first-order valence-electron chi connectivity index (χ1n) is 9.43. The number of nitrogens with zero attached hydrogens (tertiary/aromatic N) is 1. The summed E-state index contributed by atoms with van der Waals surface area (Å²) >= 11 is 1.33. The summed E-state index contributed by atoms with van der Waals surface area (Å²) in [6, 6.07) is 0. The molecule has 0 radical (unpaired) electrons. The summed E-state index contributed by atoms with van der Waals surface area (Å²) in [5.41, 5.74) is 6.37. The van der Waals surface area contributed by atoms with E-state index in [0.717, 1.165) is 23.3 Å². The smallest absolute Gasteiger partial charge is 0.341 e. The molecule has 28 heavy (non-hydrogen) atoms. The summed E-state index contributed by atoms with van der Waals surface area (Å²) in [5.74, 6) is -1.84. The molecule has 2 aliphatic rings. The van der Waals surface area contributed by atoms with E-state index in [0.29, 0.717) is 30.0 Å². The number of rotatable bonds is 6. The number of esters is 1. The largest absolute Gasteiger partial charge is 0.452 e. The average molecular weight is 407 g/mol. The van der Waals surface area contributed by atoms with Crippen molar-refractivity contribution in [3.8, 4) is 0 Å². The van der Waals surface area contributed by atoms with Crippen molar-refractivity contribution in [1.29, 1.82) is 0 Å². The molecule has 2 fully saturated rings. The molecule has 8 nitrogen and oxygen atoms in total. The van der Waals surface area contributed by atoms with Gasteiger partial charge in [-0.3, -0.25) is 14.4 Å². The molecule has 1 aromatic rings. The van der Waals surface area contributed by atoms with Crippen LogP contribution in [-0.2, 0) is 19.1 Å². The van der Waals surface area contributed by atoms with Crippen LogP contribution in [0.5, 0.6) is 0 Å². The molecule has 1 saturated carbocycles. The van der Waals surface area contributed by atoms with Crippen molar-refractivity contribution in [2.45, 2.75) is 39.5 Å². The number of hydrogen-bond acceptors (Lipinski definition) is 6. The van der Waals surface area contributed by atoms with Crippen molar-refractivity contribution < 1.29 is 23.9 Å². The summed E-state index contributed by atoms with van der Waals surface area (Å²) in [5, 5.41) is 3.28. The first-order chi connectivity index (χ1) is 13.3. The summed E-state index contributed by atoms with van der Waals surface area (Å²) in [6.45, 7) is 4.02. The van der Waals surface area contributed by atoms with Crippen LogP contribution in [0.15, 0.2) is 0 Å². The van der Waals surface area contributed by atoms with E-state index in [2.05, 4.69) is 5.32 Å². The van der Waals surface area contributed by atoms with E-state index in [4.69, 9.17) is 10.5 Å². The molecule has 0 spiro atoms.